The van der Waals surface area contributed by atoms with E-state index in [0.717, 1.165) is 5.92 Å². The predicted octanol–water partition coefficient (Wildman–Crippen LogP) is 4.23. The number of thiophene rings is 1. The Hall–Kier alpha value is -0.340. The van der Waals surface area contributed by atoms with Crippen LogP contribution < -0.4 is 5.32 Å². The zero-order valence-electron chi connectivity index (χ0n) is 10.1. The van der Waals surface area contributed by atoms with E-state index in [-0.39, 0.29) is 0 Å². The Morgan fingerprint density at radius 3 is 2.67 bits per heavy atom. The van der Waals surface area contributed by atoms with E-state index in [1.54, 1.807) is 0 Å². The van der Waals surface area contributed by atoms with Gasteiger partial charge < -0.3 is 5.32 Å². The van der Waals surface area contributed by atoms with Crippen molar-refractivity contribution in [3.05, 3.63) is 22.4 Å². The molecule has 0 aliphatic rings. The summed E-state index contributed by atoms with van der Waals surface area (Å²) in [6.07, 6.45) is 5.26. The molecule has 0 saturated carbocycles. The first-order valence-electron chi connectivity index (χ1n) is 6.04. The molecule has 0 bridgehead atoms. The third-order valence-electron chi connectivity index (χ3n) is 3.08. The van der Waals surface area contributed by atoms with Gasteiger partial charge in [0.15, 0.2) is 0 Å². The molecule has 86 valence electrons. The Balaban J connectivity index is 2.62. The average Bonchev–Trinajstić information content (AvgIpc) is 2.77. The molecule has 0 radical (unpaired) electrons. The average molecular weight is 225 g/mol. The van der Waals surface area contributed by atoms with Crippen LogP contribution in [0, 0.1) is 5.92 Å². The highest BCUT2D eigenvalue weighted by Crippen LogP contribution is 2.31. The summed E-state index contributed by atoms with van der Waals surface area (Å²) in [7, 11) is 2.08. The molecule has 1 aromatic heterocycles. The van der Waals surface area contributed by atoms with Crippen molar-refractivity contribution in [2.24, 2.45) is 5.92 Å². The van der Waals surface area contributed by atoms with Crippen LogP contribution in [-0.2, 0) is 0 Å². The van der Waals surface area contributed by atoms with E-state index in [9.17, 15) is 0 Å². The minimum Gasteiger partial charge on any atom is -0.312 e. The lowest BCUT2D eigenvalue weighted by atomic mass is 9.90. The first-order valence-corrected chi connectivity index (χ1v) is 6.92. The summed E-state index contributed by atoms with van der Waals surface area (Å²) < 4.78 is 0. The van der Waals surface area contributed by atoms with Crippen LogP contribution in [0.4, 0.5) is 0 Å². The molecule has 15 heavy (non-hydrogen) atoms. The molecule has 0 aliphatic carbocycles. The fraction of sp³-hybridized carbons (Fsp3) is 0.692. The Labute approximate surface area is 97.9 Å². The molecule has 0 fully saturated rings. The second kappa shape index (κ2) is 7.02. The third kappa shape index (κ3) is 3.62. The minimum absolute atomic E-state index is 0.557. The van der Waals surface area contributed by atoms with Crippen molar-refractivity contribution in [2.45, 2.75) is 45.6 Å². The van der Waals surface area contributed by atoms with E-state index >= 15 is 0 Å². The lowest BCUT2D eigenvalue weighted by molar-refractivity contribution is 0.343. The maximum atomic E-state index is 3.47. The largest absolute Gasteiger partial charge is 0.312 e. The van der Waals surface area contributed by atoms with Gasteiger partial charge in [0, 0.05) is 10.9 Å². The summed E-state index contributed by atoms with van der Waals surface area (Å²) >= 11 is 1.87. The van der Waals surface area contributed by atoms with E-state index in [1.165, 1.54) is 30.6 Å². The molecule has 0 aliphatic heterocycles. The van der Waals surface area contributed by atoms with Gasteiger partial charge in [0.25, 0.3) is 0 Å². The second-order valence-electron chi connectivity index (χ2n) is 4.09. The van der Waals surface area contributed by atoms with E-state index in [1.807, 2.05) is 11.3 Å². The summed E-state index contributed by atoms with van der Waals surface area (Å²) in [4.78, 5) is 1.49. The highest BCUT2D eigenvalue weighted by atomic mass is 32.1. The summed E-state index contributed by atoms with van der Waals surface area (Å²) in [6.45, 7) is 4.57. The summed E-state index contributed by atoms with van der Waals surface area (Å²) in [6, 6.07) is 4.96. The van der Waals surface area contributed by atoms with Gasteiger partial charge in [-0.25, -0.2) is 0 Å². The maximum absolute atomic E-state index is 3.47. The van der Waals surface area contributed by atoms with Crippen LogP contribution in [0.25, 0.3) is 0 Å². The van der Waals surface area contributed by atoms with Gasteiger partial charge >= 0.3 is 0 Å². The molecule has 1 N–H and O–H groups in total. The quantitative estimate of drug-likeness (QED) is 0.732. The first-order chi connectivity index (χ1) is 7.33. The Kier molecular flexibility index (Phi) is 5.96. The molecule has 0 amide bonds. The lowest BCUT2D eigenvalue weighted by Gasteiger charge is -2.25. The Morgan fingerprint density at radius 2 is 2.20 bits per heavy atom. The van der Waals surface area contributed by atoms with Gasteiger partial charge in [-0.2, -0.15) is 0 Å². The lowest BCUT2D eigenvalue weighted by Crippen LogP contribution is -2.24. The van der Waals surface area contributed by atoms with Crippen molar-refractivity contribution < 1.29 is 0 Å². The molecule has 1 rings (SSSR count). The van der Waals surface area contributed by atoms with Crippen LogP contribution in [0.3, 0.4) is 0 Å². The molecule has 0 spiro atoms. The number of nitrogens with one attached hydrogen (secondary N) is 1. The van der Waals surface area contributed by atoms with Gasteiger partial charge in [0.05, 0.1) is 0 Å². The molecule has 0 aromatic carbocycles. The van der Waals surface area contributed by atoms with Gasteiger partial charge in [-0.1, -0.05) is 39.2 Å². The van der Waals surface area contributed by atoms with Crippen molar-refractivity contribution in [3.8, 4) is 0 Å². The van der Waals surface area contributed by atoms with Crippen molar-refractivity contribution in [1.29, 1.82) is 0 Å². The van der Waals surface area contributed by atoms with E-state index < -0.39 is 0 Å². The van der Waals surface area contributed by atoms with E-state index in [2.05, 4.69) is 43.7 Å². The Morgan fingerprint density at radius 1 is 1.40 bits per heavy atom. The standard InChI is InChI=1S/C13H23NS/c1-4-6-8-11(5-2)13(14-3)12-9-7-10-15-12/h7,9-11,13-14H,4-6,8H2,1-3H3. The molecular formula is C13H23NS. The number of rotatable bonds is 7. The molecule has 0 saturated heterocycles. The van der Waals surface area contributed by atoms with Gasteiger partial charge in [0.1, 0.15) is 0 Å². The normalized spacial score (nSPS) is 15.1. The zero-order chi connectivity index (χ0) is 11.1. The van der Waals surface area contributed by atoms with Crippen LogP contribution in [0.1, 0.15) is 50.4 Å². The smallest absolute Gasteiger partial charge is 0.0440 e. The van der Waals surface area contributed by atoms with Crippen LogP contribution in [-0.4, -0.2) is 7.05 Å². The Bertz CT molecular complexity index is 243. The van der Waals surface area contributed by atoms with Gasteiger partial charge in [0.2, 0.25) is 0 Å². The van der Waals surface area contributed by atoms with E-state index in [4.69, 9.17) is 0 Å². The number of hydrogen-bond acceptors (Lipinski definition) is 2. The minimum atomic E-state index is 0.557. The van der Waals surface area contributed by atoms with Crippen molar-refractivity contribution >= 4 is 11.3 Å². The third-order valence-corrected chi connectivity index (χ3v) is 4.04. The monoisotopic (exact) mass is 225 g/mol. The summed E-state index contributed by atoms with van der Waals surface area (Å²) in [5.74, 6) is 0.786. The van der Waals surface area contributed by atoms with Crippen LogP contribution in [0.2, 0.25) is 0 Å². The van der Waals surface area contributed by atoms with Crippen LogP contribution in [0.15, 0.2) is 17.5 Å². The second-order valence-corrected chi connectivity index (χ2v) is 5.07. The topological polar surface area (TPSA) is 12.0 Å². The molecular weight excluding hydrogens is 202 g/mol. The van der Waals surface area contributed by atoms with Gasteiger partial charge in [-0.05, 0) is 30.8 Å². The molecule has 2 heteroatoms. The first kappa shape index (κ1) is 12.7. The molecule has 1 heterocycles. The molecule has 2 atom stereocenters. The van der Waals surface area contributed by atoms with Crippen molar-refractivity contribution in [2.75, 3.05) is 7.05 Å². The maximum Gasteiger partial charge on any atom is 0.0440 e. The summed E-state index contributed by atoms with van der Waals surface area (Å²) in [5, 5.41) is 5.65. The van der Waals surface area contributed by atoms with Crippen LogP contribution >= 0.6 is 11.3 Å². The summed E-state index contributed by atoms with van der Waals surface area (Å²) in [5.41, 5.74) is 0. The highest BCUT2D eigenvalue weighted by molar-refractivity contribution is 7.10. The van der Waals surface area contributed by atoms with Crippen molar-refractivity contribution in [3.63, 3.8) is 0 Å². The fourth-order valence-corrected chi connectivity index (χ4v) is 3.08. The predicted molar refractivity (Wildman–Crippen MR) is 69.4 cm³/mol. The highest BCUT2D eigenvalue weighted by Gasteiger charge is 2.20. The molecule has 1 aromatic rings. The number of hydrogen-bond donors (Lipinski definition) is 1. The van der Waals surface area contributed by atoms with E-state index in [0.29, 0.717) is 6.04 Å². The van der Waals surface area contributed by atoms with Crippen molar-refractivity contribution in [1.82, 2.24) is 5.32 Å². The molecule has 2 unspecified atom stereocenters. The SMILES string of the molecule is CCCCC(CC)C(NC)c1cccs1. The molecule has 1 nitrogen and oxygen atoms in total. The van der Waals surface area contributed by atoms with Crippen LogP contribution in [0.5, 0.6) is 0 Å². The number of unbranched alkanes of at least 4 members (excludes halogenated alkanes) is 1. The van der Waals surface area contributed by atoms with Gasteiger partial charge in [-0.15, -0.1) is 11.3 Å². The fourth-order valence-electron chi connectivity index (χ4n) is 2.15. The zero-order valence-corrected chi connectivity index (χ0v) is 10.9. The van der Waals surface area contributed by atoms with Gasteiger partial charge in [-0.3, -0.25) is 0 Å².